The molecule has 0 saturated carbocycles. The van der Waals surface area contributed by atoms with Gasteiger partial charge in [-0.3, -0.25) is 9.59 Å². The van der Waals surface area contributed by atoms with Gasteiger partial charge in [-0.2, -0.15) is 11.8 Å². The molecule has 0 atom stereocenters. The zero-order valence-corrected chi connectivity index (χ0v) is 11.4. The number of thioether (sulfide) groups is 1. The second-order valence-corrected chi connectivity index (χ2v) is 5.78. The topological polar surface area (TPSA) is 107 Å². The third kappa shape index (κ3) is 7.00. The maximum Gasteiger partial charge on any atom is 0.323 e. The fourth-order valence-electron chi connectivity index (χ4n) is 0.999. The molecule has 18 heavy (non-hydrogen) atoms. The molecule has 0 aliphatic carbocycles. The summed E-state index contributed by atoms with van der Waals surface area (Å²) in [6.07, 6.45) is 1.89. The minimum absolute atomic E-state index is 0.201. The Morgan fingerprint density at radius 2 is 1.61 bits per heavy atom. The molecule has 0 spiro atoms. The standard InChI is InChI=1S/C10H18N2O5S/c1-10(2,18-3)6-11-9(17)12(4-7(13)14)5-8(15)16/h4-6H2,1-3H3,(H,11,17)(H,13,14)(H,15,16). The lowest BCUT2D eigenvalue weighted by Gasteiger charge is -2.25. The Labute approximate surface area is 110 Å². The largest absolute Gasteiger partial charge is 0.480 e. The van der Waals surface area contributed by atoms with Crippen LogP contribution in [0.2, 0.25) is 0 Å². The molecule has 0 unspecified atom stereocenters. The van der Waals surface area contributed by atoms with Crippen molar-refractivity contribution in [2.75, 3.05) is 25.9 Å². The highest BCUT2D eigenvalue weighted by atomic mass is 32.2. The first kappa shape index (κ1) is 16.6. The van der Waals surface area contributed by atoms with Crippen molar-refractivity contribution in [3.05, 3.63) is 0 Å². The third-order valence-electron chi connectivity index (χ3n) is 2.16. The summed E-state index contributed by atoms with van der Waals surface area (Å²) >= 11 is 1.54. The van der Waals surface area contributed by atoms with E-state index in [1.807, 2.05) is 20.1 Å². The van der Waals surface area contributed by atoms with Crippen LogP contribution >= 0.6 is 11.8 Å². The van der Waals surface area contributed by atoms with Gasteiger partial charge in [-0.25, -0.2) is 4.79 Å². The molecule has 7 nitrogen and oxygen atoms in total. The Morgan fingerprint density at radius 3 is 1.94 bits per heavy atom. The number of hydrogen-bond acceptors (Lipinski definition) is 4. The van der Waals surface area contributed by atoms with Gasteiger partial charge in [-0.15, -0.1) is 0 Å². The molecule has 0 fully saturated rings. The summed E-state index contributed by atoms with van der Waals surface area (Å²) < 4.78 is -0.201. The van der Waals surface area contributed by atoms with Gasteiger partial charge < -0.3 is 20.4 Å². The van der Waals surface area contributed by atoms with Crippen molar-refractivity contribution >= 4 is 29.7 Å². The van der Waals surface area contributed by atoms with Gasteiger partial charge in [0, 0.05) is 11.3 Å². The summed E-state index contributed by atoms with van der Waals surface area (Å²) in [7, 11) is 0. The van der Waals surface area contributed by atoms with Crippen LogP contribution in [0.5, 0.6) is 0 Å². The van der Waals surface area contributed by atoms with E-state index in [2.05, 4.69) is 5.32 Å². The molecule has 0 rings (SSSR count). The molecule has 0 saturated heterocycles. The van der Waals surface area contributed by atoms with E-state index in [1.54, 1.807) is 11.8 Å². The molecule has 0 heterocycles. The van der Waals surface area contributed by atoms with Crippen molar-refractivity contribution in [2.45, 2.75) is 18.6 Å². The van der Waals surface area contributed by atoms with Gasteiger partial charge in [0.2, 0.25) is 0 Å². The number of rotatable bonds is 7. The molecule has 0 aromatic heterocycles. The third-order valence-corrected chi connectivity index (χ3v) is 3.41. The summed E-state index contributed by atoms with van der Waals surface area (Å²) in [4.78, 5) is 33.5. The lowest BCUT2D eigenvalue weighted by Crippen LogP contribution is -2.48. The Bertz CT molecular complexity index is 316. The lowest BCUT2D eigenvalue weighted by molar-refractivity contribution is -0.140. The van der Waals surface area contributed by atoms with Crippen LogP contribution in [0.1, 0.15) is 13.8 Å². The van der Waals surface area contributed by atoms with E-state index in [9.17, 15) is 14.4 Å². The fourth-order valence-corrected chi connectivity index (χ4v) is 1.22. The minimum atomic E-state index is -1.25. The van der Waals surface area contributed by atoms with E-state index in [1.165, 1.54) is 0 Å². The highest BCUT2D eigenvalue weighted by Crippen LogP contribution is 2.19. The number of carbonyl (C=O) groups excluding carboxylic acids is 1. The van der Waals surface area contributed by atoms with Gasteiger partial charge in [-0.05, 0) is 20.1 Å². The van der Waals surface area contributed by atoms with Crippen molar-refractivity contribution in [3.8, 4) is 0 Å². The van der Waals surface area contributed by atoms with Crippen LogP contribution in [-0.2, 0) is 9.59 Å². The maximum absolute atomic E-state index is 11.7. The van der Waals surface area contributed by atoms with E-state index in [4.69, 9.17) is 10.2 Å². The van der Waals surface area contributed by atoms with E-state index in [-0.39, 0.29) is 4.75 Å². The molecule has 0 aliphatic heterocycles. The predicted molar refractivity (Wildman–Crippen MR) is 67.8 cm³/mol. The number of carboxylic acid groups (broad SMARTS) is 2. The number of nitrogens with one attached hydrogen (secondary N) is 1. The molecule has 2 amide bonds. The average Bonchev–Trinajstić information content (AvgIpc) is 2.24. The summed E-state index contributed by atoms with van der Waals surface area (Å²) in [5.41, 5.74) is 0. The number of urea groups is 1. The zero-order chi connectivity index (χ0) is 14.3. The van der Waals surface area contributed by atoms with Crippen molar-refractivity contribution in [2.24, 2.45) is 0 Å². The predicted octanol–water partition coefficient (Wildman–Crippen LogP) is 0.309. The number of carbonyl (C=O) groups is 3. The molecule has 0 aromatic carbocycles. The van der Waals surface area contributed by atoms with Gasteiger partial charge in [0.15, 0.2) is 0 Å². The van der Waals surface area contributed by atoms with Crippen LogP contribution in [0.3, 0.4) is 0 Å². The molecule has 0 aliphatic rings. The SMILES string of the molecule is CSC(C)(C)CNC(=O)N(CC(=O)O)CC(=O)O. The van der Waals surface area contributed by atoms with Crippen LogP contribution < -0.4 is 5.32 Å². The quantitative estimate of drug-likeness (QED) is 0.618. The monoisotopic (exact) mass is 278 g/mol. The van der Waals surface area contributed by atoms with Gasteiger partial charge in [0.1, 0.15) is 13.1 Å². The van der Waals surface area contributed by atoms with E-state index in [0.717, 1.165) is 4.90 Å². The Hall–Kier alpha value is -1.44. The molecule has 3 N–H and O–H groups in total. The van der Waals surface area contributed by atoms with Crippen molar-refractivity contribution < 1.29 is 24.6 Å². The van der Waals surface area contributed by atoms with E-state index < -0.39 is 31.1 Å². The molecule has 8 heteroatoms. The first-order chi connectivity index (χ1) is 8.18. The number of aliphatic carboxylic acids is 2. The van der Waals surface area contributed by atoms with Crippen molar-refractivity contribution in [3.63, 3.8) is 0 Å². The lowest BCUT2D eigenvalue weighted by atomic mass is 10.2. The van der Waals surface area contributed by atoms with Gasteiger partial charge in [-0.1, -0.05) is 0 Å². The van der Waals surface area contributed by atoms with Crippen molar-refractivity contribution in [1.82, 2.24) is 10.2 Å². The number of amides is 2. The molecule has 0 radical (unpaired) electrons. The number of carboxylic acids is 2. The normalized spacial score (nSPS) is 10.8. The van der Waals surface area contributed by atoms with Gasteiger partial charge in [0.25, 0.3) is 0 Å². The first-order valence-electron chi connectivity index (χ1n) is 5.19. The zero-order valence-electron chi connectivity index (χ0n) is 10.6. The smallest absolute Gasteiger partial charge is 0.323 e. The van der Waals surface area contributed by atoms with Crippen LogP contribution in [0.15, 0.2) is 0 Å². The van der Waals surface area contributed by atoms with Gasteiger partial charge in [0.05, 0.1) is 0 Å². The van der Waals surface area contributed by atoms with Crippen LogP contribution in [0.25, 0.3) is 0 Å². The Kier molecular flexibility index (Phi) is 6.53. The summed E-state index contributed by atoms with van der Waals surface area (Å²) in [5.74, 6) is -2.51. The molecular weight excluding hydrogens is 260 g/mol. The molecule has 104 valence electrons. The van der Waals surface area contributed by atoms with Crippen LogP contribution in [-0.4, -0.2) is 63.7 Å². The highest BCUT2D eigenvalue weighted by Gasteiger charge is 2.22. The second kappa shape index (κ2) is 7.10. The maximum atomic E-state index is 11.7. The average molecular weight is 278 g/mol. The number of hydrogen-bond donors (Lipinski definition) is 3. The molecular formula is C10H18N2O5S. The summed E-state index contributed by atoms with van der Waals surface area (Å²) in [6, 6.07) is -0.693. The number of nitrogens with zero attached hydrogens (tertiary/aromatic N) is 1. The van der Waals surface area contributed by atoms with Gasteiger partial charge >= 0.3 is 18.0 Å². The fraction of sp³-hybridized carbons (Fsp3) is 0.700. The Balaban J connectivity index is 4.46. The summed E-state index contributed by atoms with van der Waals surface area (Å²) in [6.45, 7) is 2.87. The van der Waals surface area contributed by atoms with E-state index >= 15 is 0 Å². The molecule has 0 aromatic rings. The first-order valence-corrected chi connectivity index (χ1v) is 6.42. The van der Waals surface area contributed by atoms with Crippen molar-refractivity contribution in [1.29, 1.82) is 0 Å². The minimum Gasteiger partial charge on any atom is -0.480 e. The van der Waals surface area contributed by atoms with Crippen LogP contribution in [0.4, 0.5) is 4.79 Å². The summed E-state index contributed by atoms with van der Waals surface area (Å²) in [5, 5.41) is 19.7. The highest BCUT2D eigenvalue weighted by molar-refractivity contribution is 7.99. The van der Waals surface area contributed by atoms with Crippen LogP contribution in [0, 0.1) is 0 Å². The Morgan fingerprint density at radius 1 is 1.17 bits per heavy atom. The van der Waals surface area contributed by atoms with E-state index in [0.29, 0.717) is 6.54 Å². The second-order valence-electron chi connectivity index (χ2n) is 4.27. The molecule has 0 bridgehead atoms.